The zero-order valence-electron chi connectivity index (χ0n) is 37.3. The summed E-state index contributed by atoms with van der Waals surface area (Å²) in [7, 11) is 0. The van der Waals surface area contributed by atoms with Gasteiger partial charge in [-0.2, -0.15) is 0 Å². The van der Waals surface area contributed by atoms with Gasteiger partial charge in [-0.15, -0.1) is 0 Å². The fourth-order valence-corrected chi connectivity index (χ4v) is 7.25. The van der Waals surface area contributed by atoms with Crippen molar-refractivity contribution in [3.63, 3.8) is 0 Å². The van der Waals surface area contributed by atoms with Crippen LogP contribution in [-0.2, 0) is 32.3 Å². The Labute approximate surface area is 400 Å². The number of aliphatic carboxylic acids is 2. The molecule has 0 amide bonds. The van der Waals surface area contributed by atoms with E-state index in [1.54, 1.807) is 0 Å². The maximum Gasteiger partial charge on any atom is 2.00 e. The number of carbonyl (C=O) groups is 2. The molecule has 2 rings (SSSR count). The fourth-order valence-electron chi connectivity index (χ4n) is 7.25. The van der Waals surface area contributed by atoms with E-state index in [2.05, 4.69) is 38.1 Å². The summed E-state index contributed by atoms with van der Waals surface area (Å²) in [6.45, 7) is 5.77. The van der Waals surface area contributed by atoms with E-state index >= 15 is 0 Å². The molecule has 9 heteroatoms. The van der Waals surface area contributed by atoms with Crippen molar-refractivity contribution in [2.45, 2.75) is 231 Å². The Morgan fingerprint density at radius 1 is 0.458 bits per heavy atom. The number of ether oxygens (including phenoxy) is 2. The number of hydrogen-bond acceptors (Lipinski definition) is 8. The van der Waals surface area contributed by atoms with E-state index in [1.165, 1.54) is 88.2 Å². The second-order valence-corrected chi connectivity index (χ2v) is 16.4. The van der Waals surface area contributed by atoms with E-state index in [-0.39, 0.29) is 86.1 Å². The molecule has 2 aromatic rings. The number of benzene rings is 2. The van der Waals surface area contributed by atoms with E-state index < -0.39 is 11.9 Å². The smallest absolute Gasteiger partial charge is 0.550 e. The van der Waals surface area contributed by atoms with Gasteiger partial charge in [-0.1, -0.05) is 164 Å². The maximum atomic E-state index is 10.4. The van der Waals surface area contributed by atoms with Crippen LogP contribution in [0, 0.1) is 0 Å². The molecule has 0 saturated heterocycles. The number of carbonyl (C=O) groups excluding carboxylic acids is 2. The Balaban J connectivity index is 0.00000112. The second-order valence-electron chi connectivity index (χ2n) is 16.4. The summed E-state index contributed by atoms with van der Waals surface area (Å²) in [6, 6.07) is 20.6. The largest absolute Gasteiger partial charge is 2.00 e. The number of aliphatic hydroxyl groups is 2. The summed E-state index contributed by atoms with van der Waals surface area (Å²) in [4.78, 5) is 20.9. The van der Waals surface area contributed by atoms with E-state index in [9.17, 15) is 30.0 Å². The second kappa shape index (κ2) is 42.1. The molecule has 332 valence electrons. The average Bonchev–Trinajstić information content (AvgIpc) is 3.22. The number of rotatable bonds is 38. The zero-order valence-corrected chi connectivity index (χ0v) is 41.8. The Bertz CT molecular complexity index is 1110. The van der Waals surface area contributed by atoms with Gasteiger partial charge < -0.3 is 39.5 Å². The van der Waals surface area contributed by atoms with Crippen LogP contribution in [0.5, 0.6) is 0 Å². The molecule has 0 bridgehead atoms. The van der Waals surface area contributed by atoms with Crippen LogP contribution in [-0.4, -0.2) is 95.4 Å². The quantitative estimate of drug-likeness (QED) is 0.0501. The van der Waals surface area contributed by atoms with Gasteiger partial charge in [0.25, 0.3) is 0 Å². The molecule has 0 heterocycles. The molecule has 0 aromatic heterocycles. The zero-order chi connectivity index (χ0) is 42.3. The monoisotopic (exact) mass is 949 g/mol. The summed E-state index contributed by atoms with van der Waals surface area (Å²) in [5.74, 6) is -2.01. The normalized spacial score (nSPS) is 13.1. The minimum atomic E-state index is -1.01. The molecule has 0 fully saturated rings. The van der Waals surface area contributed by atoms with Crippen LogP contribution in [0.4, 0.5) is 0 Å². The molecule has 0 saturated carbocycles. The number of carboxylic acids is 2. The minimum Gasteiger partial charge on any atom is -0.550 e. The third-order valence-corrected chi connectivity index (χ3v) is 10.9. The van der Waals surface area contributed by atoms with Crippen LogP contribution in [0.2, 0.25) is 0 Å². The predicted molar refractivity (Wildman–Crippen MR) is 238 cm³/mol. The summed E-state index contributed by atoms with van der Waals surface area (Å²) < 4.78 is 12.4. The van der Waals surface area contributed by atoms with Gasteiger partial charge in [-0.3, -0.25) is 0 Å². The van der Waals surface area contributed by atoms with Gasteiger partial charge in [0.1, 0.15) is 0 Å². The van der Waals surface area contributed by atoms with Gasteiger partial charge in [-0.25, -0.2) is 0 Å². The molecular weight excluding hydrogens is 866 g/mol. The van der Waals surface area contributed by atoms with Gasteiger partial charge in [0.2, 0.25) is 0 Å². The van der Waals surface area contributed by atoms with Gasteiger partial charge in [0, 0.05) is 11.9 Å². The average molecular weight is 949 g/mol. The van der Waals surface area contributed by atoms with Gasteiger partial charge >= 0.3 is 48.9 Å². The first-order valence-corrected chi connectivity index (χ1v) is 23.3. The molecule has 4 unspecified atom stereocenters. The number of hydrogen-bond donors (Lipinski definition) is 2. The molecule has 2 N–H and O–H groups in total. The van der Waals surface area contributed by atoms with Crippen LogP contribution < -0.4 is 10.2 Å². The van der Waals surface area contributed by atoms with Gasteiger partial charge in [0.15, 0.2) is 0 Å². The third-order valence-electron chi connectivity index (χ3n) is 10.9. The molecule has 0 aliphatic carbocycles. The molecular formula is C50H82BaO8. The van der Waals surface area contributed by atoms with Crippen molar-refractivity contribution in [2.24, 2.45) is 0 Å². The van der Waals surface area contributed by atoms with Crippen LogP contribution in [0.1, 0.15) is 205 Å². The first-order chi connectivity index (χ1) is 28.2. The molecule has 0 radical (unpaired) electrons. The fraction of sp³-hybridized carbons (Fsp3) is 0.720. The molecule has 0 aliphatic rings. The van der Waals surface area contributed by atoms with Crippen molar-refractivity contribution in [1.29, 1.82) is 0 Å². The summed E-state index contributed by atoms with van der Waals surface area (Å²) >= 11 is 0. The molecule has 0 aliphatic heterocycles. The van der Waals surface area contributed by atoms with Crippen molar-refractivity contribution in [3.8, 4) is 0 Å². The number of aliphatic hydroxyl groups excluding tert-OH is 2. The summed E-state index contributed by atoms with van der Waals surface area (Å²) in [6.07, 6.45) is 26.9. The number of unbranched alkanes of at least 4 members (excludes halogenated alkanes) is 12. The molecule has 59 heavy (non-hydrogen) atoms. The molecule has 8 nitrogen and oxygen atoms in total. The molecule has 4 atom stereocenters. The van der Waals surface area contributed by atoms with Crippen molar-refractivity contribution < 1.29 is 39.5 Å². The van der Waals surface area contributed by atoms with E-state index in [1.807, 2.05) is 36.4 Å². The van der Waals surface area contributed by atoms with Crippen molar-refractivity contribution >= 4 is 60.8 Å². The van der Waals surface area contributed by atoms with Gasteiger partial charge in [-0.05, 0) is 101 Å². The Hall–Kier alpha value is -1.21. The van der Waals surface area contributed by atoms with Crippen LogP contribution >= 0.6 is 0 Å². The topological polar surface area (TPSA) is 139 Å². The van der Waals surface area contributed by atoms with E-state index in [0.29, 0.717) is 38.9 Å². The van der Waals surface area contributed by atoms with Crippen LogP contribution in [0.3, 0.4) is 0 Å². The van der Waals surface area contributed by atoms with Crippen LogP contribution in [0.25, 0.3) is 0 Å². The molecule has 0 spiro atoms. The van der Waals surface area contributed by atoms with Crippen LogP contribution in [0.15, 0.2) is 60.7 Å². The Morgan fingerprint density at radius 3 is 1.12 bits per heavy atom. The first-order valence-electron chi connectivity index (χ1n) is 23.3. The van der Waals surface area contributed by atoms with Crippen molar-refractivity contribution in [2.75, 3.05) is 0 Å². The van der Waals surface area contributed by atoms with Crippen molar-refractivity contribution in [3.05, 3.63) is 71.8 Å². The molecule has 2 aromatic carbocycles. The Kier molecular flexibility index (Phi) is 41.2. The van der Waals surface area contributed by atoms with E-state index in [0.717, 1.165) is 64.2 Å². The number of carboxylic acid groups (broad SMARTS) is 2. The van der Waals surface area contributed by atoms with E-state index in [4.69, 9.17) is 9.47 Å². The van der Waals surface area contributed by atoms with Crippen molar-refractivity contribution in [1.82, 2.24) is 0 Å². The van der Waals surface area contributed by atoms with Gasteiger partial charge in [0.05, 0.1) is 37.6 Å². The minimum absolute atomic E-state index is 0. The maximum absolute atomic E-state index is 10.4. The predicted octanol–water partition coefficient (Wildman–Crippen LogP) is 9.95. The Morgan fingerprint density at radius 2 is 0.763 bits per heavy atom. The standard InChI is InChI=1S/2C25H42O4.Ba/c2*1-2-3-4-5-6-10-18-24(29-21-22-14-8-7-9-15-22)19-13-17-23(26)16-11-12-20-25(27)28;/h2*7-9,14-15,23-24,26H,2-6,10-13,16-21H2,1H3,(H,27,28);/q;;+2/p-2. The summed E-state index contributed by atoms with van der Waals surface area (Å²) in [5.41, 5.74) is 2.40. The SMILES string of the molecule is CCCCCCCCC(CCCC(O)CCCCC(=O)[O-])OCc1ccccc1.CCCCCCCCC(CCCC(O)CCCCC(=O)[O-])OCc1ccccc1.[Ba+2]. The summed E-state index contributed by atoms with van der Waals surface area (Å²) in [5, 5.41) is 41.1. The third kappa shape index (κ3) is 38.2. The first kappa shape index (κ1) is 57.8.